The van der Waals surface area contributed by atoms with E-state index in [1.807, 2.05) is 0 Å². The van der Waals surface area contributed by atoms with E-state index in [2.05, 4.69) is 10.2 Å². The number of aliphatic hydroxyl groups excluding tert-OH is 1. The summed E-state index contributed by atoms with van der Waals surface area (Å²) < 4.78 is 5.43. The Morgan fingerprint density at radius 3 is 2.71 bits per heavy atom. The average Bonchev–Trinajstić information content (AvgIpc) is 2.68. The first-order valence-electron chi connectivity index (χ1n) is 6.90. The highest BCUT2D eigenvalue weighted by molar-refractivity contribution is 4.95. The summed E-state index contributed by atoms with van der Waals surface area (Å²) in [6.45, 7) is 4.64. The molecule has 1 aliphatic carbocycles. The van der Waals surface area contributed by atoms with Gasteiger partial charge in [-0.05, 0) is 38.6 Å². The zero-order chi connectivity index (χ0) is 12.1. The zero-order valence-corrected chi connectivity index (χ0v) is 11.0. The zero-order valence-electron chi connectivity index (χ0n) is 11.0. The van der Waals surface area contributed by atoms with E-state index in [0.717, 1.165) is 51.9 Å². The molecule has 2 fully saturated rings. The Morgan fingerprint density at radius 2 is 2.06 bits per heavy atom. The van der Waals surface area contributed by atoms with Gasteiger partial charge in [0.05, 0.1) is 12.7 Å². The standard InChI is InChI=1S/C13H26N2O2/c1-17-12-3-5-13(11-16,6-4-12)15-9-2-7-14-8-10-15/h12,14,16H,2-11H2,1H3. The van der Waals surface area contributed by atoms with Gasteiger partial charge in [0.15, 0.2) is 0 Å². The van der Waals surface area contributed by atoms with Crippen molar-refractivity contribution in [3.8, 4) is 0 Å². The van der Waals surface area contributed by atoms with Gasteiger partial charge in [0.25, 0.3) is 0 Å². The molecule has 0 bridgehead atoms. The maximum Gasteiger partial charge on any atom is 0.0615 e. The molecule has 0 unspecified atom stereocenters. The van der Waals surface area contributed by atoms with Crippen LogP contribution in [-0.2, 0) is 4.74 Å². The molecule has 17 heavy (non-hydrogen) atoms. The molecule has 0 spiro atoms. The number of nitrogens with one attached hydrogen (secondary N) is 1. The van der Waals surface area contributed by atoms with Crippen LogP contribution in [0.3, 0.4) is 0 Å². The van der Waals surface area contributed by atoms with Crippen LogP contribution >= 0.6 is 0 Å². The third-order valence-corrected chi connectivity index (χ3v) is 4.50. The SMILES string of the molecule is COC1CCC(CO)(N2CCCNCC2)CC1. The Hall–Kier alpha value is -0.160. The van der Waals surface area contributed by atoms with Crippen LogP contribution in [0.2, 0.25) is 0 Å². The summed E-state index contributed by atoms with van der Waals surface area (Å²) in [7, 11) is 1.80. The minimum absolute atomic E-state index is 0.0288. The van der Waals surface area contributed by atoms with Gasteiger partial charge in [0, 0.05) is 32.3 Å². The Labute approximate surface area is 104 Å². The number of methoxy groups -OCH3 is 1. The molecule has 2 aliphatic rings. The van der Waals surface area contributed by atoms with Crippen molar-refractivity contribution >= 4 is 0 Å². The molecule has 4 heteroatoms. The van der Waals surface area contributed by atoms with E-state index in [4.69, 9.17) is 4.74 Å². The second-order valence-electron chi connectivity index (χ2n) is 5.41. The van der Waals surface area contributed by atoms with E-state index >= 15 is 0 Å². The van der Waals surface area contributed by atoms with E-state index < -0.39 is 0 Å². The first-order chi connectivity index (χ1) is 8.30. The van der Waals surface area contributed by atoms with Crippen molar-refractivity contribution in [2.24, 2.45) is 0 Å². The highest BCUT2D eigenvalue weighted by Gasteiger charge is 2.39. The third-order valence-electron chi connectivity index (χ3n) is 4.50. The van der Waals surface area contributed by atoms with Gasteiger partial charge in [-0.3, -0.25) is 4.90 Å². The predicted molar refractivity (Wildman–Crippen MR) is 68.1 cm³/mol. The number of rotatable bonds is 3. The fourth-order valence-electron chi connectivity index (χ4n) is 3.26. The number of nitrogens with zero attached hydrogens (tertiary/aromatic N) is 1. The lowest BCUT2D eigenvalue weighted by atomic mass is 9.79. The fraction of sp³-hybridized carbons (Fsp3) is 1.00. The lowest BCUT2D eigenvalue weighted by molar-refractivity contribution is -0.0363. The summed E-state index contributed by atoms with van der Waals surface area (Å²) in [6.07, 6.45) is 5.90. The van der Waals surface area contributed by atoms with Gasteiger partial charge in [-0.25, -0.2) is 0 Å². The second kappa shape index (κ2) is 6.14. The first-order valence-corrected chi connectivity index (χ1v) is 6.90. The maximum atomic E-state index is 9.84. The summed E-state index contributed by atoms with van der Waals surface area (Å²) in [4.78, 5) is 2.51. The van der Waals surface area contributed by atoms with Crippen molar-refractivity contribution in [3.63, 3.8) is 0 Å². The van der Waals surface area contributed by atoms with Gasteiger partial charge in [0.2, 0.25) is 0 Å². The molecule has 1 heterocycles. The summed E-state index contributed by atoms with van der Waals surface area (Å²) in [6, 6.07) is 0. The molecule has 4 nitrogen and oxygen atoms in total. The van der Waals surface area contributed by atoms with E-state index in [-0.39, 0.29) is 5.54 Å². The van der Waals surface area contributed by atoms with Crippen LogP contribution in [0.5, 0.6) is 0 Å². The monoisotopic (exact) mass is 242 g/mol. The number of hydrogen-bond donors (Lipinski definition) is 2. The Kier molecular flexibility index (Phi) is 4.79. The Morgan fingerprint density at radius 1 is 1.29 bits per heavy atom. The molecule has 2 rings (SSSR count). The van der Waals surface area contributed by atoms with Gasteiger partial charge >= 0.3 is 0 Å². The van der Waals surface area contributed by atoms with Crippen molar-refractivity contribution in [1.82, 2.24) is 10.2 Å². The van der Waals surface area contributed by atoms with E-state index in [0.29, 0.717) is 12.7 Å². The molecule has 0 atom stereocenters. The number of hydrogen-bond acceptors (Lipinski definition) is 4. The summed E-state index contributed by atoms with van der Waals surface area (Å²) >= 11 is 0. The molecule has 100 valence electrons. The molecule has 0 amide bonds. The Bertz CT molecular complexity index is 219. The Balaban J connectivity index is 1.98. The largest absolute Gasteiger partial charge is 0.394 e. The van der Waals surface area contributed by atoms with Crippen molar-refractivity contribution in [1.29, 1.82) is 0 Å². The summed E-state index contributed by atoms with van der Waals surface area (Å²) in [5.74, 6) is 0. The molecular formula is C13H26N2O2. The molecule has 0 aromatic rings. The topological polar surface area (TPSA) is 44.7 Å². The highest BCUT2D eigenvalue weighted by atomic mass is 16.5. The van der Waals surface area contributed by atoms with E-state index in [1.54, 1.807) is 7.11 Å². The second-order valence-corrected chi connectivity index (χ2v) is 5.41. The first kappa shape index (κ1) is 13.3. The third kappa shape index (κ3) is 2.99. The fourth-order valence-corrected chi connectivity index (χ4v) is 3.26. The van der Waals surface area contributed by atoms with E-state index in [1.165, 1.54) is 6.42 Å². The summed E-state index contributed by atoms with van der Waals surface area (Å²) in [5, 5.41) is 13.3. The van der Waals surface area contributed by atoms with Gasteiger partial charge in [-0.2, -0.15) is 0 Å². The predicted octanol–water partition coefficient (Wildman–Crippen LogP) is 0.602. The maximum absolute atomic E-state index is 9.84. The van der Waals surface area contributed by atoms with Crippen LogP contribution in [0, 0.1) is 0 Å². The van der Waals surface area contributed by atoms with Crippen molar-refractivity contribution < 1.29 is 9.84 Å². The minimum atomic E-state index is 0.0288. The molecule has 2 N–H and O–H groups in total. The van der Waals surface area contributed by atoms with Gasteiger partial charge in [-0.1, -0.05) is 0 Å². The van der Waals surface area contributed by atoms with Crippen LogP contribution in [0.1, 0.15) is 32.1 Å². The van der Waals surface area contributed by atoms with Crippen LogP contribution in [0.25, 0.3) is 0 Å². The summed E-state index contributed by atoms with van der Waals surface area (Å²) in [5.41, 5.74) is 0.0288. The molecule has 0 aromatic carbocycles. The molecule has 0 radical (unpaired) electrons. The average molecular weight is 242 g/mol. The van der Waals surface area contributed by atoms with Gasteiger partial charge in [-0.15, -0.1) is 0 Å². The normalized spacial score (nSPS) is 36.7. The molecule has 0 aromatic heterocycles. The molecule has 1 saturated heterocycles. The van der Waals surface area contributed by atoms with Crippen molar-refractivity contribution in [3.05, 3.63) is 0 Å². The number of aliphatic hydroxyl groups is 1. The van der Waals surface area contributed by atoms with Crippen molar-refractivity contribution in [2.75, 3.05) is 39.9 Å². The molecular weight excluding hydrogens is 216 g/mol. The van der Waals surface area contributed by atoms with Crippen LogP contribution in [0.15, 0.2) is 0 Å². The lowest BCUT2D eigenvalue weighted by Gasteiger charge is -2.46. The van der Waals surface area contributed by atoms with Crippen LogP contribution in [0.4, 0.5) is 0 Å². The number of ether oxygens (including phenoxy) is 1. The molecule has 1 saturated carbocycles. The van der Waals surface area contributed by atoms with Gasteiger partial charge in [0.1, 0.15) is 0 Å². The quantitative estimate of drug-likeness (QED) is 0.761. The minimum Gasteiger partial charge on any atom is -0.394 e. The molecule has 1 aliphatic heterocycles. The van der Waals surface area contributed by atoms with Gasteiger partial charge < -0.3 is 15.2 Å². The van der Waals surface area contributed by atoms with Crippen molar-refractivity contribution in [2.45, 2.75) is 43.7 Å². The van der Waals surface area contributed by atoms with E-state index in [9.17, 15) is 5.11 Å². The smallest absolute Gasteiger partial charge is 0.0615 e. The van der Waals surface area contributed by atoms with Crippen LogP contribution in [-0.4, -0.2) is 61.5 Å². The highest BCUT2D eigenvalue weighted by Crippen LogP contribution is 2.34. The lowest BCUT2D eigenvalue weighted by Crippen LogP contribution is -2.55. The van der Waals surface area contributed by atoms with Crippen LogP contribution < -0.4 is 5.32 Å².